The van der Waals surface area contributed by atoms with Crippen molar-refractivity contribution in [1.29, 1.82) is 0 Å². The lowest BCUT2D eigenvalue weighted by Gasteiger charge is -2.12. The first-order chi connectivity index (χ1) is 29.2. The maximum atomic E-state index is 14.8. The van der Waals surface area contributed by atoms with Crippen LogP contribution in [0.4, 0.5) is 26.2 Å². The summed E-state index contributed by atoms with van der Waals surface area (Å²) in [7, 11) is -30.8. The van der Waals surface area contributed by atoms with Gasteiger partial charge in [-0.05, 0) is 59.5 Å². The average molecular weight is 1020 g/mol. The number of phenolic OH excluding ortho intramolecular Hbond substituents is 1. The Kier molecular flexibility index (Phi) is 13.6. The fourth-order valence-electron chi connectivity index (χ4n) is 5.55. The van der Waals surface area contributed by atoms with Gasteiger partial charge < -0.3 is 16.2 Å². The smallest absolute Gasteiger partial charge is 0.397 e. The summed E-state index contributed by atoms with van der Waals surface area (Å²) in [6, 6.07) is 5.48. The summed E-state index contributed by atoms with van der Waals surface area (Å²) in [6.45, 7) is -1.15. The number of carbonyl (C=O) groups is 1. The number of hydrogen-bond donors (Lipinski definition) is 8. The van der Waals surface area contributed by atoms with Crippen molar-refractivity contribution in [3.63, 3.8) is 0 Å². The third-order valence-corrected chi connectivity index (χ3v) is 13.8. The predicted molar refractivity (Wildman–Crippen MR) is 210 cm³/mol. The normalized spacial score (nSPS) is 13.1. The van der Waals surface area contributed by atoms with Crippen molar-refractivity contribution in [1.82, 2.24) is 15.0 Å². The second-order valence-corrected chi connectivity index (χ2v) is 21.5. The minimum absolute atomic E-state index is 0.118. The van der Waals surface area contributed by atoms with Gasteiger partial charge in [0, 0.05) is 23.8 Å². The molecule has 34 heteroatoms. The number of azo groups is 1. The Morgan fingerprint density at radius 2 is 1.25 bits per heavy atom. The molecule has 27 nitrogen and oxygen atoms in total. The zero-order chi connectivity index (χ0) is 48.0. The maximum absolute atomic E-state index is 14.8. The molecule has 0 fully saturated rings. The van der Waals surface area contributed by atoms with Gasteiger partial charge in [0.1, 0.15) is 43.5 Å². The fraction of sp³-hybridized carbons (Fsp3) is 0.133. The molecule has 0 saturated heterocycles. The van der Waals surface area contributed by atoms with Crippen LogP contribution in [0.2, 0.25) is 0 Å². The Morgan fingerprint density at radius 3 is 1.81 bits per heavy atom. The number of phenols is 1. The van der Waals surface area contributed by atoms with E-state index >= 15 is 0 Å². The predicted octanol–water partition coefficient (Wildman–Crippen LogP) is 1.54. The van der Waals surface area contributed by atoms with Gasteiger partial charge in [-0.2, -0.15) is 56.4 Å². The number of amides is 2. The van der Waals surface area contributed by atoms with Crippen LogP contribution in [0, 0.1) is 6.08 Å². The number of nitrogens with zero attached hydrogens (tertiary/aromatic N) is 5. The number of halogens is 1. The van der Waals surface area contributed by atoms with Gasteiger partial charge >= 0.3 is 22.5 Å². The number of rotatable bonds is 16. The molecule has 5 aromatic rings. The first-order valence-electron chi connectivity index (χ1n) is 16.4. The molecule has 9 N–H and O–H groups in total. The second kappa shape index (κ2) is 17.6. The molecule has 0 aliphatic rings. The molecule has 0 saturated carbocycles. The number of nitrogens with two attached hydrogens (primary N) is 1. The van der Waals surface area contributed by atoms with Gasteiger partial charge in [0.2, 0.25) is 0 Å². The van der Waals surface area contributed by atoms with Crippen LogP contribution < -0.4 is 11.1 Å². The van der Waals surface area contributed by atoms with Crippen LogP contribution in [-0.4, -0.2) is 112 Å². The standard InChI is InChI=1S/C30H26FN7O20S6/c31-29-35-26(34-27(36-29)10-16-8-17(11-25(28(16)39)63(52,53)54)59(41,42)4-3-58-64(55,56)57)6-14-1-2-20(21(5-14)33-30(32)40)37-38-22-13-19-15(9-24(22)62(49,50)51)7-18(60(43,44)45)12-23(19)61(46,47)48/h1-2,5,7-9,11-13,39H,3-4,6,10H2,(H3,32,33,40)(H,43,44,45)(H,46,47,48)(H,49,50,51)(H,52,53,54)(H,55,56,57). The van der Waals surface area contributed by atoms with Crippen molar-refractivity contribution in [2.45, 2.75) is 37.3 Å². The Hall–Kier alpha value is -5.79. The van der Waals surface area contributed by atoms with Gasteiger partial charge in [0.05, 0.1) is 27.8 Å². The molecule has 5 rings (SSSR count). The summed E-state index contributed by atoms with van der Waals surface area (Å²) in [5.74, 6) is -3.36. The number of hydrogen-bond acceptors (Lipinski definition) is 20. The molecular formula is C30H26FN7O20S6. The van der Waals surface area contributed by atoms with E-state index in [9.17, 15) is 83.0 Å². The van der Waals surface area contributed by atoms with Crippen molar-refractivity contribution in [2.24, 2.45) is 16.0 Å². The van der Waals surface area contributed by atoms with Gasteiger partial charge in [-0.3, -0.25) is 22.8 Å². The van der Waals surface area contributed by atoms with Crippen LogP contribution in [0.3, 0.4) is 0 Å². The summed E-state index contributed by atoms with van der Waals surface area (Å²) < 4.78 is 210. The molecule has 0 spiro atoms. The van der Waals surface area contributed by atoms with Gasteiger partial charge in [-0.25, -0.2) is 22.4 Å². The zero-order valence-electron chi connectivity index (χ0n) is 31.1. The first-order valence-corrected chi connectivity index (χ1v) is 25.2. The van der Waals surface area contributed by atoms with E-state index < -0.39 is 162 Å². The summed E-state index contributed by atoms with van der Waals surface area (Å²) in [5, 5.41) is 19.3. The highest BCUT2D eigenvalue weighted by molar-refractivity contribution is 7.91. The van der Waals surface area contributed by atoms with Crippen molar-refractivity contribution >= 4 is 94.6 Å². The summed E-state index contributed by atoms with van der Waals surface area (Å²) in [4.78, 5) is 17.4. The third-order valence-electron chi connectivity index (χ3n) is 8.17. The molecule has 1 aromatic heterocycles. The molecule has 0 radical (unpaired) electrons. The lowest BCUT2D eigenvalue weighted by molar-refractivity contribution is 0.259. The van der Waals surface area contributed by atoms with E-state index in [1.807, 2.05) is 0 Å². The highest BCUT2D eigenvalue weighted by Gasteiger charge is 2.28. The van der Waals surface area contributed by atoms with Crippen molar-refractivity contribution in [3.8, 4) is 5.75 Å². The number of primary amides is 1. The zero-order valence-corrected chi connectivity index (χ0v) is 36.0. The second-order valence-electron chi connectivity index (χ2n) is 12.7. The van der Waals surface area contributed by atoms with E-state index in [2.05, 4.69) is 34.7 Å². The third kappa shape index (κ3) is 12.3. The molecule has 0 unspecified atom stereocenters. The molecule has 4 aromatic carbocycles. The van der Waals surface area contributed by atoms with E-state index in [1.165, 1.54) is 6.07 Å². The lowest BCUT2D eigenvalue weighted by Crippen LogP contribution is -2.19. The number of fused-ring (bicyclic) bond motifs is 1. The fourth-order valence-corrected chi connectivity index (χ4v) is 9.82. The monoisotopic (exact) mass is 1010 g/mol. The van der Waals surface area contributed by atoms with Crippen molar-refractivity contribution in [2.75, 3.05) is 17.7 Å². The number of sulfone groups is 1. The Morgan fingerprint density at radius 1 is 0.672 bits per heavy atom. The molecule has 0 aliphatic carbocycles. The van der Waals surface area contributed by atoms with E-state index in [-0.39, 0.29) is 16.9 Å². The average Bonchev–Trinajstić information content (AvgIpc) is 3.11. The van der Waals surface area contributed by atoms with Crippen LogP contribution in [0.5, 0.6) is 5.75 Å². The highest BCUT2D eigenvalue weighted by Crippen LogP contribution is 2.37. The lowest BCUT2D eigenvalue weighted by atomic mass is 10.1. The van der Waals surface area contributed by atoms with Crippen LogP contribution >= 0.6 is 0 Å². The number of nitrogens with one attached hydrogen (secondary N) is 1. The van der Waals surface area contributed by atoms with Gasteiger partial charge in [0.15, 0.2) is 9.84 Å². The number of urea groups is 1. The maximum Gasteiger partial charge on any atom is 0.397 e. The molecule has 0 atom stereocenters. The van der Waals surface area contributed by atoms with E-state index in [1.54, 1.807) is 0 Å². The molecule has 2 amide bonds. The minimum Gasteiger partial charge on any atom is -0.506 e. The largest absolute Gasteiger partial charge is 0.506 e. The number of anilines is 1. The minimum atomic E-state index is -5.36. The molecule has 0 aliphatic heterocycles. The van der Waals surface area contributed by atoms with Crippen LogP contribution in [0.25, 0.3) is 10.8 Å². The van der Waals surface area contributed by atoms with E-state index in [0.29, 0.717) is 36.4 Å². The van der Waals surface area contributed by atoms with E-state index in [0.717, 1.165) is 12.1 Å². The molecule has 0 bridgehead atoms. The molecule has 344 valence electrons. The van der Waals surface area contributed by atoms with Crippen molar-refractivity contribution in [3.05, 3.63) is 83.5 Å². The van der Waals surface area contributed by atoms with Gasteiger partial charge in [-0.15, -0.1) is 10.2 Å². The molecule has 1 heterocycles. The molecular weight excluding hydrogens is 990 g/mol. The number of aromatic hydroxyl groups is 1. The highest BCUT2D eigenvalue weighted by atomic mass is 32.3. The van der Waals surface area contributed by atoms with Crippen LogP contribution in [-0.2, 0) is 77.7 Å². The first kappa shape index (κ1) is 49.2. The van der Waals surface area contributed by atoms with E-state index in [4.69, 9.17) is 10.3 Å². The summed E-state index contributed by atoms with van der Waals surface area (Å²) >= 11 is 0. The summed E-state index contributed by atoms with van der Waals surface area (Å²) in [6.07, 6.45) is -2.74. The van der Waals surface area contributed by atoms with Gasteiger partial charge in [-0.1, -0.05) is 6.07 Å². The molecule has 64 heavy (non-hydrogen) atoms. The SMILES string of the molecule is NC(=O)Nc1cc(Cc2nc(F)nc(Cc3cc(S(=O)(=O)CCOS(=O)(=O)O)cc(S(=O)(=O)O)c3O)n2)ccc1N=Nc1cc2c(S(=O)(=O)O)cc(S(=O)(=O)O)cc2cc1S(=O)(=O)O. The van der Waals surface area contributed by atoms with Crippen LogP contribution in [0.15, 0.2) is 89.3 Å². The Labute approximate surface area is 359 Å². The number of carbonyl (C=O) groups excluding carboxylic acids is 1. The topological polar surface area (TPSA) is 454 Å². The van der Waals surface area contributed by atoms with Crippen molar-refractivity contribution < 1.29 is 91.7 Å². The number of benzene rings is 4. The Bertz CT molecular complexity index is 3500. The quantitative estimate of drug-likeness (QED) is 0.0513. The van der Waals surface area contributed by atoms with Gasteiger partial charge in [0.25, 0.3) is 40.5 Å². The Balaban J connectivity index is 1.53. The number of aromatic nitrogens is 3. The summed E-state index contributed by atoms with van der Waals surface area (Å²) in [5.41, 5.74) is 3.34. The van der Waals surface area contributed by atoms with Crippen LogP contribution in [0.1, 0.15) is 22.8 Å².